The summed E-state index contributed by atoms with van der Waals surface area (Å²) >= 11 is 1.68. The Balaban J connectivity index is 1.87. The van der Waals surface area contributed by atoms with E-state index in [9.17, 15) is 0 Å². The molecular weight excluding hydrogens is 228 g/mol. The molecule has 2 rings (SSSR count). The number of nitrogens with one attached hydrogen (secondary N) is 1. The minimum absolute atomic E-state index is 0.645. The zero-order chi connectivity index (χ0) is 12.3. The summed E-state index contributed by atoms with van der Waals surface area (Å²) in [7, 11) is 0. The SMILES string of the molecule is CC1CCCC(NCc2cc(C#N)cs2)C1C. The highest BCUT2D eigenvalue weighted by atomic mass is 32.1. The van der Waals surface area contributed by atoms with Crippen molar-refractivity contribution in [3.05, 3.63) is 21.9 Å². The molecule has 1 saturated carbocycles. The van der Waals surface area contributed by atoms with Crippen molar-refractivity contribution in [2.45, 2.75) is 45.7 Å². The van der Waals surface area contributed by atoms with Gasteiger partial charge >= 0.3 is 0 Å². The Kier molecular flexibility index (Phi) is 4.20. The summed E-state index contributed by atoms with van der Waals surface area (Å²) in [5.41, 5.74) is 0.789. The first kappa shape index (κ1) is 12.6. The van der Waals surface area contributed by atoms with Crippen molar-refractivity contribution >= 4 is 11.3 Å². The minimum atomic E-state index is 0.645. The Morgan fingerprint density at radius 1 is 1.47 bits per heavy atom. The van der Waals surface area contributed by atoms with E-state index in [2.05, 4.69) is 25.2 Å². The molecule has 0 radical (unpaired) electrons. The lowest BCUT2D eigenvalue weighted by molar-refractivity contribution is 0.206. The van der Waals surface area contributed by atoms with Crippen LogP contribution in [0.15, 0.2) is 11.4 Å². The van der Waals surface area contributed by atoms with Crippen molar-refractivity contribution < 1.29 is 0 Å². The molecule has 1 aliphatic carbocycles. The molecule has 0 aliphatic heterocycles. The van der Waals surface area contributed by atoms with Gasteiger partial charge in [-0.15, -0.1) is 11.3 Å². The van der Waals surface area contributed by atoms with Crippen LogP contribution in [0.5, 0.6) is 0 Å². The molecule has 1 fully saturated rings. The first-order valence-corrected chi connectivity index (χ1v) is 7.29. The van der Waals surface area contributed by atoms with E-state index in [4.69, 9.17) is 5.26 Å². The molecule has 0 spiro atoms. The Morgan fingerprint density at radius 3 is 3.00 bits per heavy atom. The number of nitrogens with zero attached hydrogens (tertiary/aromatic N) is 1. The van der Waals surface area contributed by atoms with E-state index in [1.54, 1.807) is 11.3 Å². The third-order valence-corrected chi connectivity index (χ3v) is 4.96. The fourth-order valence-electron chi connectivity index (χ4n) is 2.63. The number of hydrogen-bond donors (Lipinski definition) is 1. The zero-order valence-electron chi connectivity index (χ0n) is 10.6. The molecule has 1 aliphatic rings. The Hall–Kier alpha value is -0.850. The fraction of sp³-hybridized carbons (Fsp3) is 0.643. The molecule has 17 heavy (non-hydrogen) atoms. The summed E-state index contributed by atoms with van der Waals surface area (Å²) in [5.74, 6) is 1.60. The number of thiophene rings is 1. The highest BCUT2D eigenvalue weighted by Crippen LogP contribution is 2.29. The van der Waals surface area contributed by atoms with E-state index >= 15 is 0 Å². The van der Waals surface area contributed by atoms with Crippen LogP contribution in [-0.4, -0.2) is 6.04 Å². The van der Waals surface area contributed by atoms with E-state index < -0.39 is 0 Å². The number of hydrogen-bond acceptors (Lipinski definition) is 3. The molecule has 0 amide bonds. The van der Waals surface area contributed by atoms with Crippen molar-refractivity contribution in [3.8, 4) is 6.07 Å². The van der Waals surface area contributed by atoms with Gasteiger partial charge in [-0.1, -0.05) is 26.7 Å². The molecule has 1 N–H and O–H groups in total. The van der Waals surface area contributed by atoms with Crippen LogP contribution in [0, 0.1) is 23.2 Å². The molecule has 0 saturated heterocycles. The van der Waals surface area contributed by atoms with Crippen LogP contribution >= 0.6 is 11.3 Å². The molecule has 1 aromatic heterocycles. The second-order valence-electron chi connectivity index (χ2n) is 5.17. The Labute approximate surface area is 108 Å². The van der Waals surface area contributed by atoms with Gasteiger partial charge in [0.05, 0.1) is 5.56 Å². The largest absolute Gasteiger partial charge is 0.309 e. The number of rotatable bonds is 3. The Bertz CT molecular complexity index is 405. The standard InChI is InChI=1S/C14H20N2S/c1-10-4-3-5-14(11(10)2)16-8-13-6-12(7-15)9-17-13/h6,9-11,14,16H,3-5,8H2,1-2H3. The topological polar surface area (TPSA) is 35.8 Å². The van der Waals surface area contributed by atoms with Crippen LogP contribution in [0.2, 0.25) is 0 Å². The van der Waals surface area contributed by atoms with E-state index in [1.165, 1.54) is 24.1 Å². The lowest BCUT2D eigenvalue weighted by atomic mass is 9.78. The van der Waals surface area contributed by atoms with Gasteiger partial charge in [0.15, 0.2) is 0 Å². The number of nitriles is 1. The van der Waals surface area contributed by atoms with Gasteiger partial charge in [0.1, 0.15) is 6.07 Å². The van der Waals surface area contributed by atoms with Crippen LogP contribution in [0.4, 0.5) is 0 Å². The third kappa shape index (κ3) is 3.08. The van der Waals surface area contributed by atoms with Gasteiger partial charge in [-0.2, -0.15) is 5.26 Å². The van der Waals surface area contributed by atoms with Gasteiger partial charge in [0.2, 0.25) is 0 Å². The molecule has 0 bridgehead atoms. The van der Waals surface area contributed by atoms with Crippen molar-refractivity contribution in [3.63, 3.8) is 0 Å². The van der Waals surface area contributed by atoms with E-state index in [0.717, 1.165) is 23.9 Å². The lowest BCUT2D eigenvalue weighted by Gasteiger charge is -2.34. The molecule has 1 aromatic rings. The van der Waals surface area contributed by atoms with Gasteiger partial charge < -0.3 is 5.32 Å². The average molecular weight is 248 g/mol. The smallest absolute Gasteiger partial charge is 0.100 e. The second kappa shape index (κ2) is 5.66. The fourth-order valence-corrected chi connectivity index (χ4v) is 3.39. The second-order valence-corrected chi connectivity index (χ2v) is 6.16. The van der Waals surface area contributed by atoms with Crippen LogP contribution in [0.25, 0.3) is 0 Å². The van der Waals surface area contributed by atoms with Crippen molar-refractivity contribution in [1.82, 2.24) is 5.32 Å². The summed E-state index contributed by atoms with van der Waals surface area (Å²) in [6.07, 6.45) is 4.01. The molecule has 3 atom stereocenters. The van der Waals surface area contributed by atoms with Crippen molar-refractivity contribution in [2.75, 3.05) is 0 Å². The van der Waals surface area contributed by atoms with Crippen LogP contribution < -0.4 is 5.32 Å². The van der Waals surface area contributed by atoms with Crippen LogP contribution in [0.3, 0.4) is 0 Å². The predicted molar refractivity (Wildman–Crippen MR) is 71.8 cm³/mol. The van der Waals surface area contributed by atoms with Crippen LogP contribution in [0.1, 0.15) is 43.6 Å². The summed E-state index contributed by atoms with van der Waals surface area (Å²) in [4.78, 5) is 1.27. The first-order valence-electron chi connectivity index (χ1n) is 6.41. The third-order valence-electron chi connectivity index (χ3n) is 4.03. The van der Waals surface area contributed by atoms with Gasteiger partial charge in [-0.05, 0) is 24.3 Å². The maximum atomic E-state index is 8.78. The highest BCUT2D eigenvalue weighted by Gasteiger charge is 2.26. The maximum Gasteiger partial charge on any atom is 0.100 e. The lowest BCUT2D eigenvalue weighted by Crippen LogP contribution is -2.40. The normalized spacial score (nSPS) is 28.9. The van der Waals surface area contributed by atoms with E-state index in [1.807, 2.05) is 11.4 Å². The molecule has 92 valence electrons. The summed E-state index contributed by atoms with van der Waals surface area (Å²) < 4.78 is 0. The summed E-state index contributed by atoms with van der Waals surface area (Å²) in [6, 6.07) is 4.82. The molecule has 3 unspecified atom stereocenters. The molecule has 0 aromatic carbocycles. The van der Waals surface area contributed by atoms with Crippen molar-refractivity contribution in [1.29, 1.82) is 5.26 Å². The average Bonchev–Trinajstić information content (AvgIpc) is 2.79. The quantitative estimate of drug-likeness (QED) is 0.888. The Morgan fingerprint density at radius 2 is 2.29 bits per heavy atom. The molecule has 1 heterocycles. The van der Waals surface area contributed by atoms with Gasteiger partial charge in [0, 0.05) is 22.8 Å². The molecule has 2 nitrogen and oxygen atoms in total. The molecular formula is C14H20N2S. The van der Waals surface area contributed by atoms with E-state index in [-0.39, 0.29) is 0 Å². The predicted octanol–water partition coefficient (Wildman–Crippen LogP) is 3.53. The van der Waals surface area contributed by atoms with Crippen LogP contribution in [-0.2, 0) is 6.54 Å². The monoisotopic (exact) mass is 248 g/mol. The van der Waals surface area contributed by atoms with E-state index in [0.29, 0.717) is 6.04 Å². The minimum Gasteiger partial charge on any atom is -0.309 e. The van der Waals surface area contributed by atoms with Gasteiger partial charge in [-0.25, -0.2) is 0 Å². The zero-order valence-corrected chi connectivity index (χ0v) is 11.4. The van der Waals surface area contributed by atoms with Gasteiger partial charge in [-0.3, -0.25) is 0 Å². The van der Waals surface area contributed by atoms with Gasteiger partial charge in [0.25, 0.3) is 0 Å². The summed E-state index contributed by atoms with van der Waals surface area (Å²) in [5, 5.41) is 14.4. The highest BCUT2D eigenvalue weighted by molar-refractivity contribution is 7.10. The maximum absolute atomic E-state index is 8.78. The first-order chi connectivity index (χ1) is 8.20. The molecule has 3 heteroatoms. The van der Waals surface area contributed by atoms with Crippen molar-refractivity contribution in [2.24, 2.45) is 11.8 Å². The summed E-state index contributed by atoms with van der Waals surface area (Å²) in [6.45, 7) is 5.63.